The molecule has 1 heterocycles. The Hall–Kier alpha value is -1.07. The minimum atomic E-state index is 0.870. The minimum absolute atomic E-state index is 0.870. The van der Waals surface area contributed by atoms with Crippen LogP contribution in [0.5, 0.6) is 0 Å². The van der Waals surface area contributed by atoms with E-state index in [4.69, 9.17) is 0 Å². The van der Waals surface area contributed by atoms with Crippen LogP contribution in [0.1, 0.15) is 24.5 Å². The largest absolute Gasteiger partial charge is 0.369 e. The van der Waals surface area contributed by atoms with Crippen LogP contribution in [-0.4, -0.2) is 16.5 Å². The summed E-state index contributed by atoms with van der Waals surface area (Å²) in [4.78, 5) is 8.62. The molecular weight excluding hydrogens is 334 g/mol. The Labute approximate surface area is 132 Å². The highest BCUT2D eigenvalue weighted by Gasteiger charge is 2.09. The van der Waals surface area contributed by atoms with Crippen LogP contribution in [0.3, 0.4) is 0 Å². The highest BCUT2D eigenvalue weighted by molar-refractivity contribution is 9.10. The van der Waals surface area contributed by atoms with E-state index in [0.717, 1.165) is 34.0 Å². The standard InChI is InChI=1S/C15H18BrN3S/c1-3-8-17-14-13(16)15(19-10-18-14)20-9-12-7-5-4-6-11(12)2/h4-7,10H,3,8-9H2,1-2H3,(H,17,18,19). The van der Waals surface area contributed by atoms with Crippen LogP contribution in [0.4, 0.5) is 5.82 Å². The summed E-state index contributed by atoms with van der Waals surface area (Å²) in [5, 5.41) is 4.28. The number of hydrogen-bond donors (Lipinski definition) is 1. The van der Waals surface area contributed by atoms with Gasteiger partial charge in [0.05, 0.1) is 4.47 Å². The number of benzene rings is 1. The molecular formula is C15H18BrN3S. The first-order valence-corrected chi connectivity index (χ1v) is 8.42. The van der Waals surface area contributed by atoms with E-state index < -0.39 is 0 Å². The first kappa shape index (κ1) is 15.3. The van der Waals surface area contributed by atoms with Gasteiger partial charge < -0.3 is 5.32 Å². The lowest BCUT2D eigenvalue weighted by molar-refractivity contribution is 0.946. The molecule has 0 saturated carbocycles. The van der Waals surface area contributed by atoms with Gasteiger partial charge in [0.2, 0.25) is 0 Å². The zero-order valence-electron chi connectivity index (χ0n) is 11.7. The molecule has 0 bridgehead atoms. The Morgan fingerprint density at radius 2 is 2.05 bits per heavy atom. The molecule has 1 aromatic carbocycles. The van der Waals surface area contributed by atoms with Crippen LogP contribution < -0.4 is 5.32 Å². The molecule has 1 N–H and O–H groups in total. The maximum Gasteiger partial charge on any atom is 0.144 e. The normalized spacial score (nSPS) is 10.6. The van der Waals surface area contributed by atoms with Crippen molar-refractivity contribution in [3.8, 4) is 0 Å². The van der Waals surface area contributed by atoms with Gasteiger partial charge in [-0.25, -0.2) is 9.97 Å². The maximum atomic E-state index is 4.36. The third-order valence-electron chi connectivity index (χ3n) is 2.93. The van der Waals surface area contributed by atoms with Crippen LogP contribution in [0.2, 0.25) is 0 Å². The Morgan fingerprint density at radius 3 is 2.80 bits per heavy atom. The van der Waals surface area contributed by atoms with Crippen LogP contribution >= 0.6 is 27.7 Å². The Morgan fingerprint density at radius 1 is 1.25 bits per heavy atom. The summed E-state index contributed by atoms with van der Waals surface area (Å²) in [6.07, 6.45) is 2.69. The second-order valence-electron chi connectivity index (χ2n) is 4.48. The van der Waals surface area contributed by atoms with E-state index in [1.165, 1.54) is 11.1 Å². The van der Waals surface area contributed by atoms with Gasteiger partial charge in [0.15, 0.2) is 0 Å². The monoisotopic (exact) mass is 351 g/mol. The summed E-state index contributed by atoms with van der Waals surface area (Å²) in [6.45, 7) is 5.19. The van der Waals surface area contributed by atoms with Crippen LogP contribution in [-0.2, 0) is 5.75 Å². The average molecular weight is 352 g/mol. The van der Waals surface area contributed by atoms with Crippen molar-refractivity contribution in [2.24, 2.45) is 0 Å². The van der Waals surface area contributed by atoms with E-state index in [1.807, 2.05) is 0 Å². The third kappa shape index (κ3) is 3.96. The van der Waals surface area contributed by atoms with E-state index in [0.29, 0.717) is 0 Å². The van der Waals surface area contributed by atoms with Crippen LogP contribution in [0.25, 0.3) is 0 Å². The molecule has 2 rings (SSSR count). The lowest BCUT2D eigenvalue weighted by atomic mass is 10.1. The van der Waals surface area contributed by atoms with Gasteiger partial charge in [-0.3, -0.25) is 0 Å². The fraction of sp³-hybridized carbons (Fsp3) is 0.333. The molecule has 5 heteroatoms. The van der Waals surface area contributed by atoms with Gasteiger partial charge in [0.25, 0.3) is 0 Å². The summed E-state index contributed by atoms with van der Waals surface area (Å²) >= 11 is 5.32. The Balaban J connectivity index is 2.08. The molecule has 20 heavy (non-hydrogen) atoms. The van der Waals surface area contributed by atoms with E-state index in [9.17, 15) is 0 Å². The molecule has 0 atom stereocenters. The molecule has 2 aromatic rings. The predicted octanol–water partition coefficient (Wildman–Crippen LogP) is 4.66. The lowest BCUT2D eigenvalue weighted by Crippen LogP contribution is -2.03. The highest BCUT2D eigenvalue weighted by atomic mass is 79.9. The smallest absolute Gasteiger partial charge is 0.144 e. The first-order chi connectivity index (χ1) is 9.72. The summed E-state index contributed by atoms with van der Waals surface area (Å²) in [5.74, 6) is 1.78. The zero-order valence-corrected chi connectivity index (χ0v) is 14.1. The highest BCUT2D eigenvalue weighted by Crippen LogP contribution is 2.32. The third-order valence-corrected chi connectivity index (χ3v) is 4.98. The number of aryl methyl sites for hydroxylation is 1. The number of aromatic nitrogens is 2. The average Bonchev–Trinajstić information content (AvgIpc) is 2.46. The summed E-state index contributed by atoms with van der Waals surface area (Å²) in [7, 11) is 0. The number of anilines is 1. The second kappa shape index (κ2) is 7.64. The molecule has 3 nitrogen and oxygen atoms in total. The minimum Gasteiger partial charge on any atom is -0.369 e. The Kier molecular flexibility index (Phi) is 5.86. The maximum absolute atomic E-state index is 4.36. The quantitative estimate of drug-likeness (QED) is 0.606. The SMILES string of the molecule is CCCNc1ncnc(SCc2ccccc2C)c1Br. The molecule has 0 aliphatic carbocycles. The molecule has 0 saturated heterocycles. The summed E-state index contributed by atoms with van der Waals surface area (Å²) in [5.41, 5.74) is 2.65. The molecule has 1 aromatic heterocycles. The first-order valence-electron chi connectivity index (χ1n) is 6.64. The zero-order chi connectivity index (χ0) is 14.4. The van der Waals surface area contributed by atoms with Crippen molar-refractivity contribution in [3.05, 3.63) is 46.2 Å². The van der Waals surface area contributed by atoms with Crippen molar-refractivity contribution < 1.29 is 0 Å². The molecule has 0 amide bonds. The Bertz CT molecular complexity index is 575. The topological polar surface area (TPSA) is 37.8 Å². The van der Waals surface area contributed by atoms with E-state index >= 15 is 0 Å². The summed E-state index contributed by atoms with van der Waals surface area (Å²) in [6, 6.07) is 8.44. The second-order valence-corrected chi connectivity index (χ2v) is 6.24. The molecule has 0 aliphatic heterocycles. The van der Waals surface area contributed by atoms with E-state index in [-0.39, 0.29) is 0 Å². The van der Waals surface area contributed by atoms with Gasteiger partial charge in [-0.2, -0.15) is 0 Å². The summed E-state index contributed by atoms with van der Waals surface area (Å²) < 4.78 is 0.951. The number of nitrogens with one attached hydrogen (secondary N) is 1. The predicted molar refractivity (Wildman–Crippen MR) is 89.3 cm³/mol. The number of rotatable bonds is 6. The van der Waals surface area contributed by atoms with Gasteiger partial charge in [0.1, 0.15) is 17.2 Å². The van der Waals surface area contributed by atoms with Crippen LogP contribution in [0, 0.1) is 6.92 Å². The van der Waals surface area contributed by atoms with Crippen molar-refractivity contribution in [3.63, 3.8) is 0 Å². The van der Waals surface area contributed by atoms with Crippen molar-refractivity contribution in [1.82, 2.24) is 9.97 Å². The molecule has 0 radical (unpaired) electrons. The van der Waals surface area contributed by atoms with Gasteiger partial charge in [0, 0.05) is 12.3 Å². The molecule has 0 spiro atoms. The van der Waals surface area contributed by atoms with Gasteiger partial charge in [-0.15, -0.1) is 11.8 Å². The molecule has 0 unspecified atom stereocenters. The molecule has 0 fully saturated rings. The lowest BCUT2D eigenvalue weighted by Gasteiger charge is -2.10. The van der Waals surface area contributed by atoms with E-state index in [2.05, 4.69) is 69.3 Å². The van der Waals surface area contributed by atoms with Gasteiger partial charge in [-0.05, 0) is 40.4 Å². The van der Waals surface area contributed by atoms with E-state index in [1.54, 1.807) is 18.1 Å². The molecule has 0 aliphatic rings. The number of thioether (sulfide) groups is 1. The van der Waals surface area contributed by atoms with Gasteiger partial charge in [-0.1, -0.05) is 31.2 Å². The fourth-order valence-corrected chi connectivity index (χ4v) is 3.39. The van der Waals surface area contributed by atoms with Crippen LogP contribution in [0.15, 0.2) is 40.1 Å². The fourth-order valence-electron chi connectivity index (χ4n) is 1.74. The number of halogens is 1. The van der Waals surface area contributed by atoms with Crippen molar-refractivity contribution in [1.29, 1.82) is 0 Å². The van der Waals surface area contributed by atoms with Gasteiger partial charge >= 0.3 is 0 Å². The van der Waals surface area contributed by atoms with Crippen molar-refractivity contribution >= 4 is 33.5 Å². The van der Waals surface area contributed by atoms with Crippen molar-refractivity contribution in [2.75, 3.05) is 11.9 Å². The number of nitrogens with zero attached hydrogens (tertiary/aromatic N) is 2. The van der Waals surface area contributed by atoms with Crippen molar-refractivity contribution in [2.45, 2.75) is 31.0 Å². The molecule has 106 valence electrons. The number of hydrogen-bond acceptors (Lipinski definition) is 4.